The molecule has 2 aromatic rings. The Bertz CT molecular complexity index is 818. The summed E-state index contributed by atoms with van der Waals surface area (Å²) < 4.78 is 17.1. The zero-order chi connectivity index (χ0) is 20.6. The molecular formula is C23H29ClN2O3. The Labute approximate surface area is 178 Å². The van der Waals surface area contributed by atoms with E-state index in [1.807, 2.05) is 38.1 Å². The van der Waals surface area contributed by atoms with Crippen LogP contribution < -0.4 is 14.4 Å². The van der Waals surface area contributed by atoms with Gasteiger partial charge in [-0.15, -0.1) is 0 Å². The highest BCUT2D eigenvalue weighted by Crippen LogP contribution is 2.37. The molecule has 0 saturated carbocycles. The fourth-order valence-corrected chi connectivity index (χ4v) is 3.31. The van der Waals surface area contributed by atoms with Gasteiger partial charge in [-0.25, -0.2) is 0 Å². The molecule has 6 heteroatoms. The monoisotopic (exact) mass is 416 g/mol. The van der Waals surface area contributed by atoms with E-state index in [9.17, 15) is 0 Å². The van der Waals surface area contributed by atoms with Crippen molar-refractivity contribution in [3.8, 4) is 11.5 Å². The molecule has 1 heterocycles. The second-order valence-corrected chi connectivity index (χ2v) is 7.38. The van der Waals surface area contributed by atoms with Crippen LogP contribution in [-0.2, 0) is 4.74 Å². The molecule has 1 aliphatic heterocycles. The van der Waals surface area contributed by atoms with E-state index in [2.05, 4.69) is 28.9 Å². The molecule has 0 N–H and O–H groups in total. The summed E-state index contributed by atoms with van der Waals surface area (Å²) in [6.45, 7) is 9.97. The number of aliphatic imine (C=N–C) groups is 1. The molecule has 5 nitrogen and oxygen atoms in total. The Morgan fingerprint density at radius 1 is 1.17 bits per heavy atom. The summed E-state index contributed by atoms with van der Waals surface area (Å²) in [5.41, 5.74) is 2.95. The van der Waals surface area contributed by atoms with Crippen LogP contribution in [-0.4, -0.2) is 45.2 Å². The number of benzene rings is 2. The lowest BCUT2D eigenvalue weighted by atomic mass is 10.2. The van der Waals surface area contributed by atoms with E-state index in [0.717, 1.165) is 44.0 Å². The van der Waals surface area contributed by atoms with E-state index in [1.165, 1.54) is 5.69 Å². The molecule has 1 aliphatic rings. The van der Waals surface area contributed by atoms with E-state index in [-0.39, 0.29) is 6.10 Å². The van der Waals surface area contributed by atoms with Crippen molar-refractivity contribution in [2.75, 3.05) is 37.8 Å². The maximum Gasteiger partial charge on any atom is 0.180 e. The standard InChI is InChI=1S/C23H29ClN2O3/c1-4-17(3)29-23-21(24)14-18(15-22(23)28-5-2)16-25-19-6-8-20(9-7-19)26-10-12-27-13-11-26/h6-9,14-17H,4-5,10-13H2,1-3H3/t17-/m1/s1. The summed E-state index contributed by atoms with van der Waals surface area (Å²) >= 11 is 6.48. The van der Waals surface area contributed by atoms with Gasteiger partial charge in [0.1, 0.15) is 0 Å². The van der Waals surface area contributed by atoms with Crippen molar-refractivity contribution in [2.45, 2.75) is 33.3 Å². The fraction of sp³-hybridized carbons (Fsp3) is 0.435. The lowest BCUT2D eigenvalue weighted by Crippen LogP contribution is -2.36. The molecule has 156 valence electrons. The number of ether oxygens (including phenoxy) is 3. The lowest BCUT2D eigenvalue weighted by molar-refractivity contribution is 0.122. The van der Waals surface area contributed by atoms with E-state index in [0.29, 0.717) is 23.1 Å². The second-order valence-electron chi connectivity index (χ2n) is 6.97. The van der Waals surface area contributed by atoms with Crippen LogP contribution in [0.5, 0.6) is 11.5 Å². The van der Waals surface area contributed by atoms with Crippen molar-refractivity contribution in [1.29, 1.82) is 0 Å². The van der Waals surface area contributed by atoms with Crippen LogP contribution in [0, 0.1) is 0 Å². The van der Waals surface area contributed by atoms with E-state index >= 15 is 0 Å². The number of hydrogen-bond acceptors (Lipinski definition) is 5. The summed E-state index contributed by atoms with van der Waals surface area (Å²) in [6.07, 6.45) is 2.76. The number of anilines is 1. The van der Waals surface area contributed by atoms with Crippen molar-refractivity contribution in [3.63, 3.8) is 0 Å². The zero-order valence-electron chi connectivity index (χ0n) is 17.4. The average molecular weight is 417 g/mol. The lowest BCUT2D eigenvalue weighted by Gasteiger charge is -2.28. The molecule has 0 spiro atoms. The molecule has 1 saturated heterocycles. The Hall–Kier alpha value is -2.24. The van der Waals surface area contributed by atoms with Gasteiger partial charge in [0, 0.05) is 25.0 Å². The number of hydrogen-bond donors (Lipinski definition) is 0. The van der Waals surface area contributed by atoms with Crippen LogP contribution in [0.15, 0.2) is 41.4 Å². The Morgan fingerprint density at radius 2 is 1.90 bits per heavy atom. The number of nitrogens with zero attached hydrogens (tertiary/aromatic N) is 2. The van der Waals surface area contributed by atoms with Gasteiger partial charge in [0.15, 0.2) is 11.5 Å². The predicted octanol–water partition coefficient (Wildman–Crippen LogP) is 5.50. The van der Waals surface area contributed by atoms with Gasteiger partial charge in [0.25, 0.3) is 0 Å². The van der Waals surface area contributed by atoms with Crippen LogP contribution in [0.25, 0.3) is 0 Å². The molecule has 0 radical (unpaired) electrons. The molecule has 0 amide bonds. The average Bonchev–Trinajstić information content (AvgIpc) is 2.75. The van der Waals surface area contributed by atoms with Gasteiger partial charge in [0.05, 0.1) is 36.6 Å². The topological polar surface area (TPSA) is 43.3 Å². The summed E-state index contributed by atoms with van der Waals surface area (Å²) in [5, 5.41) is 0.528. The van der Waals surface area contributed by atoms with Crippen LogP contribution >= 0.6 is 11.6 Å². The highest BCUT2D eigenvalue weighted by molar-refractivity contribution is 6.32. The van der Waals surface area contributed by atoms with Crippen molar-refractivity contribution in [2.24, 2.45) is 4.99 Å². The van der Waals surface area contributed by atoms with Crippen molar-refractivity contribution in [3.05, 3.63) is 47.0 Å². The summed E-state index contributed by atoms with van der Waals surface area (Å²) in [5.74, 6) is 1.24. The summed E-state index contributed by atoms with van der Waals surface area (Å²) in [4.78, 5) is 6.91. The van der Waals surface area contributed by atoms with Crippen molar-refractivity contribution in [1.82, 2.24) is 0 Å². The molecule has 0 unspecified atom stereocenters. The summed E-state index contributed by atoms with van der Waals surface area (Å²) in [6, 6.07) is 12.0. The molecular weight excluding hydrogens is 388 g/mol. The first kappa shape index (κ1) is 21.5. The molecule has 2 aromatic carbocycles. The van der Waals surface area contributed by atoms with Crippen LogP contribution in [0.3, 0.4) is 0 Å². The normalized spacial score (nSPS) is 15.5. The number of morpholine rings is 1. The minimum Gasteiger partial charge on any atom is -0.490 e. The molecule has 0 bridgehead atoms. The molecule has 0 aliphatic carbocycles. The predicted molar refractivity (Wildman–Crippen MR) is 120 cm³/mol. The Balaban J connectivity index is 1.75. The molecule has 0 aromatic heterocycles. The van der Waals surface area contributed by atoms with Gasteiger partial charge in [0.2, 0.25) is 0 Å². The maximum absolute atomic E-state index is 6.48. The maximum atomic E-state index is 6.48. The molecule has 1 atom stereocenters. The van der Waals surface area contributed by atoms with Crippen LogP contribution in [0.2, 0.25) is 5.02 Å². The first-order valence-electron chi connectivity index (χ1n) is 10.2. The highest BCUT2D eigenvalue weighted by Gasteiger charge is 2.15. The highest BCUT2D eigenvalue weighted by atomic mass is 35.5. The Morgan fingerprint density at radius 3 is 2.55 bits per heavy atom. The molecule has 1 fully saturated rings. The first-order chi connectivity index (χ1) is 14.1. The fourth-order valence-electron chi connectivity index (χ4n) is 3.04. The third kappa shape index (κ3) is 5.87. The van der Waals surface area contributed by atoms with Gasteiger partial charge in [-0.2, -0.15) is 0 Å². The second kappa shape index (κ2) is 10.5. The van der Waals surface area contributed by atoms with Gasteiger partial charge in [-0.05, 0) is 62.2 Å². The summed E-state index contributed by atoms with van der Waals surface area (Å²) in [7, 11) is 0. The number of halogens is 1. The van der Waals surface area contributed by atoms with Gasteiger partial charge in [-0.3, -0.25) is 4.99 Å². The largest absolute Gasteiger partial charge is 0.490 e. The Kier molecular flexibility index (Phi) is 7.78. The van der Waals surface area contributed by atoms with E-state index in [1.54, 1.807) is 6.21 Å². The SMILES string of the molecule is CCOc1cc(C=Nc2ccc(N3CCOCC3)cc2)cc(Cl)c1O[C@H](C)CC. The van der Waals surface area contributed by atoms with Crippen LogP contribution in [0.4, 0.5) is 11.4 Å². The number of rotatable bonds is 8. The molecule has 29 heavy (non-hydrogen) atoms. The first-order valence-corrected chi connectivity index (χ1v) is 10.6. The van der Waals surface area contributed by atoms with Crippen molar-refractivity contribution < 1.29 is 14.2 Å². The van der Waals surface area contributed by atoms with E-state index in [4.69, 9.17) is 25.8 Å². The van der Waals surface area contributed by atoms with Gasteiger partial charge in [-0.1, -0.05) is 18.5 Å². The van der Waals surface area contributed by atoms with E-state index < -0.39 is 0 Å². The molecule has 3 rings (SSSR count). The van der Waals surface area contributed by atoms with Crippen molar-refractivity contribution >= 4 is 29.2 Å². The third-order valence-electron chi connectivity index (χ3n) is 4.81. The van der Waals surface area contributed by atoms with Gasteiger partial charge < -0.3 is 19.1 Å². The smallest absolute Gasteiger partial charge is 0.180 e. The quantitative estimate of drug-likeness (QED) is 0.532. The van der Waals surface area contributed by atoms with Gasteiger partial charge >= 0.3 is 0 Å². The zero-order valence-corrected chi connectivity index (χ0v) is 18.1. The third-order valence-corrected chi connectivity index (χ3v) is 5.10. The minimum atomic E-state index is 0.0659. The minimum absolute atomic E-state index is 0.0659. The van der Waals surface area contributed by atoms with Crippen LogP contribution in [0.1, 0.15) is 32.8 Å².